The number of rotatable bonds is 3. The molecule has 0 radical (unpaired) electrons. The van der Waals surface area contributed by atoms with Gasteiger partial charge in [0.1, 0.15) is 0 Å². The van der Waals surface area contributed by atoms with Crippen molar-refractivity contribution in [1.82, 2.24) is 4.57 Å². The molecule has 1 aromatic carbocycles. The number of aromatic nitrogens is 1. The Bertz CT molecular complexity index is 660. The SMILES string of the molecule is CC(Cc1cn2c3c(cc(Br)cc13)CCC2)C(=O)O. The molecule has 3 nitrogen and oxygen atoms in total. The highest BCUT2D eigenvalue weighted by molar-refractivity contribution is 9.10. The Kier molecular flexibility index (Phi) is 3.13. The lowest BCUT2D eigenvalue weighted by Crippen LogP contribution is -2.12. The lowest BCUT2D eigenvalue weighted by Gasteiger charge is -2.15. The maximum absolute atomic E-state index is 11.0. The average Bonchev–Trinajstić information content (AvgIpc) is 2.69. The number of carbonyl (C=O) groups is 1. The Balaban J connectivity index is 2.14. The molecule has 3 rings (SSSR count). The van der Waals surface area contributed by atoms with Gasteiger partial charge in [-0.3, -0.25) is 4.79 Å². The molecule has 1 N–H and O–H groups in total. The normalized spacial score (nSPS) is 15.7. The molecule has 0 aliphatic carbocycles. The molecule has 1 unspecified atom stereocenters. The zero-order valence-corrected chi connectivity index (χ0v) is 12.4. The smallest absolute Gasteiger partial charge is 0.306 e. The minimum Gasteiger partial charge on any atom is -0.481 e. The van der Waals surface area contributed by atoms with Crippen LogP contribution in [-0.2, 0) is 24.2 Å². The Morgan fingerprint density at radius 2 is 2.32 bits per heavy atom. The van der Waals surface area contributed by atoms with Crippen molar-refractivity contribution in [3.05, 3.63) is 33.9 Å². The molecule has 1 atom stereocenters. The minimum absolute atomic E-state index is 0.345. The molecule has 0 fully saturated rings. The molecule has 19 heavy (non-hydrogen) atoms. The summed E-state index contributed by atoms with van der Waals surface area (Å²) in [6.45, 7) is 2.80. The highest BCUT2D eigenvalue weighted by atomic mass is 79.9. The number of carboxylic acids is 1. The van der Waals surface area contributed by atoms with Gasteiger partial charge < -0.3 is 9.67 Å². The zero-order valence-electron chi connectivity index (χ0n) is 10.8. The Hall–Kier alpha value is -1.29. The van der Waals surface area contributed by atoms with Crippen molar-refractivity contribution < 1.29 is 9.90 Å². The van der Waals surface area contributed by atoms with Crippen molar-refractivity contribution in [2.75, 3.05) is 0 Å². The van der Waals surface area contributed by atoms with Gasteiger partial charge in [-0.15, -0.1) is 0 Å². The number of aryl methyl sites for hydroxylation is 2. The fraction of sp³-hybridized carbons (Fsp3) is 0.400. The van der Waals surface area contributed by atoms with Crippen LogP contribution in [0, 0.1) is 5.92 Å². The summed E-state index contributed by atoms with van der Waals surface area (Å²) >= 11 is 3.56. The molecule has 100 valence electrons. The Morgan fingerprint density at radius 3 is 3.05 bits per heavy atom. The number of nitrogens with zero attached hydrogens (tertiary/aromatic N) is 1. The van der Waals surface area contributed by atoms with E-state index in [4.69, 9.17) is 5.11 Å². The second-order valence-electron chi connectivity index (χ2n) is 5.36. The molecule has 2 aromatic rings. The van der Waals surface area contributed by atoms with Crippen LogP contribution < -0.4 is 0 Å². The first kappa shape index (κ1) is 12.7. The van der Waals surface area contributed by atoms with E-state index in [1.54, 1.807) is 6.92 Å². The monoisotopic (exact) mass is 321 g/mol. The predicted molar refractivity (Wildman–Crippen MR) is 78.5 cm³/mol. The van der Waals surface area contributed by atoms with Crippen LogP contribution in [0.15, 0.2) is 22.8 Å². The van der Waals surface area contributed by atoms with E-state index in [1.165, 1.54) is 16.5 Å². The van der Waals surface area contributed by atoms with Crippen molar-refractivity contribution >= 4 is 32.8 Å². The molecule has 4 heteroatoms. The largest absolute Gasteiger partial charge is 0.481 e. The highest BCUT2D eigenvalue weighted by Gasteiger charge is 2.20. The van der Waals surface area contributed by atoms with Gasteiger partial charge in [0, 0.05) is 22.6 Å². The standard InChI is InChI=1S/C15H16BrNO2/c1-9(15(18)19)5-11-8-17-4-2-3-10-6-12(16)7-13(11)14(10)17/h6-9H,2-5H2,1H3,(H,18,19). The zero-order chi connectivity index (χ0) is 13.6. The van der Waals surface area contributed by atoms with Gasteiger partial charge in [-0.1, -0.05) is 22.9 Å². The number of carboxylic acid groups (broad SMARTS) is 1. The first-order valence-corrected chi connectivity index (χ1v) is 7.38. The lowest BCUT2D eigenvalue weighted by molar-refractivity contribution is -0.141. The van der Waals surface area contributed by atoms with Crippen LogP contribution in [-0.4, -0.2) is 15.6 Å². The van der Waals surface area contributed by atoms with Gasteiger partial charge in [0.15, 0.2) is 0 Å². The van der Waals surface area contributed by atoms with Crippen LogP contribution in [0.1, 0.15) is 24.5 Å². The number of hydrogen-bond donors (Lipinski definition) is 1. The van der Waals surface area contributed by atoms with E-state index in [-0.39, 0.29) is 5.92 Å². The van der Waals surface area contributed by atoms with Gasteiger partial charge in [0.2, 0.25) is 0 Å². The van der Waals surface area contributed by atoms with Crippen molar-refractivity contribution in [3.63, 3.8) is 0 Å². The van der Waals surface area contributed by atoms with Gasteiger partial charge >= 0.3 is 5.97 Å². The van der Waals surface area contributed by atoms with Gasteiger partial charge in [-0.25, -0.2) is 0 Å². The summed E-state index contributed by atoms with van der Waals surface area (Å²) in [4.78, 5) is 11.0. The molecule has 1 aliphatic heterocycles. The number of halogens is 1. The first-order chi connectivity index (χ1) is 9.06. The first-order valence-electron chi connectivity index (χ1n) is 6.59. The van der Waals surface area contributed by atoms with Crippen LogP contribution >= 0.6 is 15.9 Å². The fourth-order valence-electron chi connectivity index (χ4n) is 2.95. The van der Waals surface area contributed by atoms with Crippen LogP contribution in [0.5, 0.6) is 0 Å². The van der Waals surface area contributed by atoms with Crippen molar-refractivity contribution in [3.8, 4) is 0 Å². The average molecular weight is 322 g/mol. The maximum atomic E-state index is 11.0. The quantitative estimate of drug-likeness (QED) is 0.938. The molecule has 2 heterocycles. The summed E-state index contributed by atoms with van der Waals surface area (Å²) in [6, 6.07) is 4.30. The second-order valence-corrected chi connectivity index (χ2v) is 6.27. The van der Waals surface area contributed by atoms with Crippen LogP contribution in [0.25, 0.3) is 10.9 Å². The number of benzene rings is 1. The van der Waals surface area contributed by atoms with E-state index in [0.717, 1.165) is 29.4 Å². The van der Waals surface area contributed by atoms with Crippen molar-refractivity contribution in [2.24, 2.45) is 5.92 Å². The third-order valence-corrected chi connectivity index (χ3v) is 4.35. The van der Waals surface area contributed by atoms with E-state index in [2.05, 4.69) is 38.8 Å². The molecule has 0 saturated heterocycles. The van der Waals surface area contributed by atoms with Crippen LogP contribution in [0.4, 0.5) is 0 Å². The van der Waals surface area contributed by atoms with Gasteiger partial charge in [-0.05, 0) is 42.5 Å². The molecule has 1 aromatic heterocycles. The number of hydrogen-bond acceptors (Lipinski definition) is 1. The lowest BCUT2D eigenvalue weighted by atomic mass is 9.98. The van der Waals surface area contributed by atoms with Crippen LogP contribution in [0.3, 0.4) is 0 Å². The summed E-state index contributed by atoms with van der Waals surface area (Å²) in [7, 11) is 0. The van der Waals surface area contributed by atoms with E-state index in [9.17, 15) is 4.79 Å². The molecule has 1 aliphatic rings. The van der Waals surface area contributed by atoms with Gasteiger partial charge in [0.25, 0.3) is 0 Å². The molecule has 0 bridgehead atoms. The molecule has 0 spiro atoms. The van der Waals surface area contributed by atoms with E-state index >= 15 is 0 Å². The summed E-state index contributed by atoms with van der Waals surface area (Å²) < 4.78 is 3.36. The summed E-state index contributed by atoms with van der Waals surface area (Å²) in [5, 5.41) is 10.3. The maximum Gasteiger partial charge on any atom is 0.306 e. The third-order valence-electron chi connectivity index (χ3n) is 3.89. The van der Waals surface area contributed by atoms with Gasteiger partial charge in [-0.2, -0.15) is 0 Å². The molecular weight excluding hydrogens is 306 g/mol. The Labute approximate surface area is 120 Å². The summed E-state index contributed by atoms with van der Waals surface area (Å²) in [5.74, 6) is -1.08. The predicted octanol–water partition coefficient (Wildman–Crippen LogP) is 3.61. The van der Waals surface area contributed by atoms with E-state index < -0.39 is 5.97 Å². The van der Waals surface area contributed by atoms with Gasteiger partial charge in [0.05, 0.1) is 11.4 Å². The van der Waals surface area contributed by atoms with E-state index in [1.807, 2.05) is 0 Å². The summed E-state index contributed by atoms with van der Waals surface area (Å²) in [5.41, 5.74) is 3.81. The molecule has 0 amide bonds. The molecular formula is C15H16BrNO2. The van der Waals surface area contributed by atoms with Crippen molar-refractivity contribution in [2.45, 2.75) is 32.7 Å². The fourth-order valence-corrected chi connectivity index (χ4v) is 3.45. The second kappa shape index (κ2) is 4.67. The number of aliphatic carboxylic acids is 1. The third kappa shape index (κ3) is 2.18. The summed E-state index contributed by atoms with van der Waals surface area (Å²) in [6.07, 6.45) is 4.99. The minimum atomic E-state index is -0.731. The topological polar surface area (TPSA) is 42.2 Å². The van der Waals surface area contributed by atoms with Crippen molar-refractivity contribution in [1.29, 1.82) is 0 Å². The van der Waals surface area contributed by atoms with Crippen LogP contribution in [0.2, 0.25) is 0 Å². The Morgan fingerprint density at radius 1 is 1.53 bits per heavy atom. The van der Waals surface area contributed by atoms with E-state index in [0.29, 0.717) is 6.42 Å². The molecule has 0 saturated carbocycles. The highest BCUT2D eigenvalue weighted by Crippen LogP contribution is 2.33.